The molecule has 0 spiro atoms. The van der Waals surface area contributed by atoms with Crippen molar-refractivity contribution in [1.82, 2.24) is 0 Å². The molecule has 3 atom stereocenters. The molecular formula is C12H16O. The summed E-state index contributed by atoms with van der Waals surface area (Å²) in [7, 11) is 0. The first-order chi connectivity index (χ1) is 6.18. The van der Waals surface area contributed by atoms with E-state index in [1.807, 2.05) is 6.92 Å². The lowest BCUT2D eigenvalue weighted by molar-refractivity contribution is 0.169. The molecule has 1 aliphatic rings. The summed E-state index contributed by atoms with van der Waals surface area (Å²) in [6, 6.07) is 8.66. The molecule has 1 N–H and O–H groups in total. The molecule has 0 aliphatic heterocycles. The van der Waals surface area contributed by atoms with Crippen molar-refractivity contribution in [3.8, 4) is 0 Å². The minimum atomic E-state index is -0.147. The van der Waals surface area contributed by atoms with Gasteiger partial charge in [0.05, 0.1) is 6.10 Å². The second kappa shape index (κ2) is 3.15. The lowest BCUT2D eigenvalue weighted by atomic mass is 10.1. The molecule has 0 saturated heterocycles. The lowest BCUT2D eigenvalue weighted by Crippen LogP contribution is -2.03. The Labute approximate surface area is 79.4 Å². The van der Waals surface area contributed by atoms with Gasteiger partial charge in [-0.15, -0.1) is 0 Å². The van der Waals surface area contributed by atoms with Gasteiger partial charge in [0.1, 0.15) is 0 Å². The fourth-order valence-electron chi connectivity index (χ4n) is 1.94. The minimum absolute atomic E-state index is 0.147. The topological polar surface area (TPSA) is 20.2 Å². The average molecular weight is 176 g/mol. The van der Waals surface area contributed by atoms with Gasteiger partial charge >= 0.3 is 0 Å². The summed E-state index contributed by atoms with van der Waals surface area (Å²) in [6.07, 6.45) is 1.01. The highest BCUT2D eigenvalue weighted by molar-refractivity contribution is 5.29. The van der Waals surface area contributed by atoms with Gasteiger partial charge in [0.15, 0.2) is 0 Å². The second-order valence-electron chi connectivity index (χ2n) is 4.16. The Hall–Kier alpha value is -0.820. The zero-order valence-corrected chi connectivity index (χ0v) is 8.20. The summed E-state index contributed by atoms with van der Waals surface area (Å²) in [5.74, 6) is 1.11. The normalized spacial score (nSPS) is 28.5. The fourth-order valence-corrected chi connectivity index (χ4v) is 1.94. The molecule has 1 aliphatic carbocycles. The summed E-state index contributed by atoms with van der Waals surface area (Å²) in [5, 5.41) is 9.38. The van der Waals surface area contributed by atoms with Gasteiger partial charge in [-0.2, -0.15) is 0 Å². The third kappa shape index (κ3) is 1.75. The second-order valence-corrected chi connectivity index (χ2v) is 4.16. The Balaban J connectivity index is 2.08. The Morgan fingerprint density at radius 1 is 1.31 bits per heavy atom. The van der Waals surface area contributed by atoms with Crippen LogP contribution in [0.1, 0.15) is 30.4 Å². The van der Waals surface area contributed by atoms with Crippen molar-refractivity contribution in [3.63, 3.8) is 0 Å². The Bertz CT molecular complexity index is 286. The zero-order valence-electron chi connectivity index (χ0n) is 8.20. The fraction of sp³-hybridized carbons (Fsp3) is 0.500. The van der Waals surface area contributed by atoms with Crippen molar-refractivity contribution in [2.24, 2.45) is 5.92 Å². The van der Waals surface area contributed by atoms with E-state index in [9.17, 15) is 5.11 Å². The number of rotatable bonds is 2. The molecule has 1 aromatic carbocycles. The minimum Gasteiger partial charge on any atom is -0.393 e. The highest BCUT2D eigenvalue weighted by Gasteiger charge is 2.41. The molecule has 3 unspecified atom stereocenters. The van der Waals surface area contributed by atoms with Crippen LogP contribution in [0.3, 0.4) is 0 Å². The van der Waals surface area contributed by atoms with Crippen LogP contribution >= 0.6 is 0 Å². The van der Waals surface area contributed by atoms with E-state index in [1.54, 1.807) is 0 Å². The van der Waals surface area contributed by atoms with Crippen LogP contribution in [0.4, 0.5) is 0 Å². The number of aliphatic hydroxyl groups excluding tert-OH is 1. The molecule has 1 aromatic rings. The summed E-state index contributed by atoms with van der Waals surface area (Å²) in [5.41, 5.74) is 2.69. The largest absolute Gasteiger partial charge is 0.393 e. The number of hydrogen-bond acceptors (Lipinski definition) is 1. The van der Waals surface area contributed by atoms with E-state index in [-0.39, 0.29) is 6.10 Å². The molecular weight excluding hydrogens is 160 g/mol. The molecule has 0 bridgehead atoms. The molecule has 0 aromatic heterocycles. The van der Waals surface area contributed by atoms with Crippen LogP contribution < -0.4 is 0 Å². The van der Waals surface area contributed by atoms with E-state index in [1.165, 1.54) is 11.1 Å². The van der Waals surface area contributed by atoms with Crippen LogP contribution in [0.15, 0.2) is 24.3 Å². The summed E-state index contributed by atoms with van der Waals surface area (Å²) in [6.45, 7) is 3.99. The maximum Gasteiger partial charge on any atom is 0.0546 e. The quantitative estimate of drug-likeness (QED) is 0.734. The van der Waals surface area contributed by atoms with E-state index in [0.717, 1.165) is 6.42 Å². The summed E-state index contributed by atoms with van der Waals surface area (Å²) in [4.78, 5) is 0. The van der Waals surface area contributed by atoms with Crippen LogP contribution in [-0.2, 0) is 0 Å². The number of hydrogen-bond donors (Lipinski definition) is 1. The van der Waals surface area contributed by atoms with E-state index < -0.39 is 0 Å². The van der Waals surface area contributed by atoms with Gasteiger partial charge in [0.25, 0.3) is 0 Å². The molecule has 70 valence electrons. The first-order valence-corrected chi connectivity index (χ1v) is 4.93. The molecule has 2 rings (SSSR count). The molecule has 1 fully saturated rings. The monoisotopic (exact) mass is 176 g/mol. The van der Waals surface area contributed by atoms with Gasteiger partial charge in [-0.25, -0.2) is 0 Å². The SMILES string of the molecule is Cc1ccc(C2CC2C(C)O)cc1. The Kier molecular flexibility index (Phi) is 2.12. The molecule has 0 amide bonds. The smallest absolute Gasteiger partial charge is 0.0546 e. The van der Waals surface area contributed by atoms with Crippen LogP contribution in [0.25, 0.3) is 0 Å². The van der Waals surface area contributed by atoms with Crippen LogP contribution in [0, 0.1) is 12.8 Å². The predicted molar refractivity (Wildman–Crippen MR) is 53.7 cm³/mol. The predicted octanol–water partition coefficient (Wildman–Crippen LogP) is 2.48. The molecule has 0 heterocycles. The van der Waals surface area contributed by atoms with Gasteiger partial charge in [0.2, 0.25) is 0 Å². The van der Waals surface area contributed by atoms with E-state index in [4.69, 9.17) is 0 Å². The van der Waals surface area contributed by atoms with Crippen molar-refractivity contribution < 1.29 is 5.11 Å². The Morgan fingerprint density at radius 2 is 1.92 bits per heavy atom. The molecule has 13 heavy (non-hydrogen) atoms. The number of aliphatic hydroxyl groups is 1. The van der Waals surface area contributed by atoms with Crippen LogP contribution in [0.2, 0.25) is 0 Å². The van der Waals surface area contributed by atoms with Crippen molar-refractivity contribution in [1.29, 1.82) is 0 Å². The third-order valence-corrected chi connectivity index (χ3v) is 2.96. The average Bonchev–Trinajstić information content (AvgIpc) is 2.85. The van der Waals surface area contributed by atoms with Crippen LogP contribution in [0.5, 0.6) is 0 Å². The van der Waals surface area contributed by atoms with Crippen molar-refractivity contribution >= 4 is 0 Å². The number of aryl methyl sites for hydroxylation is 1. The van der Waals surface area contributed by atoms with Crippen molar-refractivity contribution in [2.45, 2.75) is 32.3 Å². The first-order valence-electron chi connectivity index (χ1n) is 4.93. The highest BCUT2D eigenvalue weighted by atomic mass is 16.3. The third-order valence-electron chi connectivity index (χ3n) is 2.96. The maximum atomic E-state index is 9.38. The van der Waals surface area contributed by atoms with Crippen molar-refractivity contribution in [3.05, 3.63) is 35.4 Å². The molecule has 1 saturated carbocycles. The summed E-state index contributed by atoms with van der Waals surface area (Å²) < 4.78 is 0. The lowest BCUT2D eigenvalue weighted by Gasteiger charge is -2.03. The summed E-state index contributed by atoms with van der Waals surface area (Å²) >= 11 is 0. The standard InChI is InChI=1S/C12H16O/c1-8-3-5-10(6-4-8)12-7-11(12)9(2)13/h3-6,9,11-13H,7H2,1-2H3. The number of benzene rings is 1. The van der Waals surface area contributed by atoms with Gasteiger partial charge in [0, 0.05) is 0 Å². The van der Waals surface area contributed by atoms with Gasteiger partial charge < -0.3 is 5.11 Å². The molecule has 0 radical (unpaired) electrons. The van der Waals surface area contributed by atoms with E-state index >= 15 is 0 Å². The highest BCUT2D eigenvalue weighted by Crippen LogP contribution is 2.49. The first kappa shape index (κ1) is 8.76. The van der Waals surface area contributed by atoms with Gasteiger partial charge in [-0.05, 0) is 37.7 Å². The zero-order chi connectivity index (χ0) is 9.42. The molecule has 1 heteroatoms. The van der Waals surface area contributed by atoms with E-state index in [0.29, 0.717) is 11.8 Å². The van der Waals surface area contributed by atoms with Gasteiger partial charge in [-0.3, -0.25) is 0 Å². The molecule has 1 nitrogen and oxygen atoms in total. The van der Waals surface area contributed by atoms with Gasteiger partial charge in [-0.1, -0.05) is 29.8 Å². The maximum absolute atomic E-state index is 9.38. The van der Waals surface area contributed by atoms with Crippen molar-refractivity contribution in [2.75, 3.05) is 0 Å². The Morgan fingerprint density at radius 3 is 2.38 bits per heavy atom. The van der Waals surface area contributed by atoms with E-state index in [2.05, 4.69) is 31.2 Å². The van der Waals surface area contributed by atoms with Crippen LogP contribution in [-0.4, -0.2) is 11.2 Å².